The molecule has 106 valence electrons. The summed E-state index contributed by atoms with van der Waals surface area (Å²) in [5.74, 6) is 0.269. The largest absolute Gasteiger partial charge is 0.349 e. The van der Waals surface area contributed by atoms with Crippen LogP contribution in [-0.2, 0) is 20.0 Å². The molecule has 0 saturated carbocycles. The maximum atomic E-state index is 12.1. The third kappa shape index (κ3) is 2.29. The lowest BCUT2D eigenvalue weighted by Crippen LogP contribution is -2.00. The molecular weight excluding hydrogens is 274 g/mol. The molecule has 0 N–H and O–H groups in total. The van der Waals surface area contributed by atoms with Crippen LogP contribution >= 0.6 is 11.6 Å². The third-order valence-corrected chi connectivity index (χ3v) is 4.45. The lowest BCUT2D eigenvalue weighted by Gasteiger charge is -2.03. The van der Waals surface area contributed by atoms with E-state index >= 15 is 0 Å². The van der Waals surface area contributed by atoms with Crippen molar-refractivity contribution >= 4 is 17.4 Å². The predicted octanol–water partition coefficient (Wildman–Crippen LogP) is 3.14. The standard InChI is InChI=1S/C15H18ClN3O/c1-10-12(15(16)18(2)17-10)8-19-7-11-5-3-4-6-14(20)13(11)9-19/h7,9H,3-6,8H2,1-2H3. The summed E-state index contributed by atoms with van der Waals surface area (Å²) in [6, 6.07) is 0. The number of carbonyl (C=O) groups excluding carboxylic acids is 1. The smallest absolute Gasteiger partial charge is 0.164 e. The van der Waals surface area contributed by atoms with Crippen molar-refractivity contribution in [1.82, 2.24) is 14.3 Å². The van der Waals surface area contributed by atoms with Gasteiger partial charge in [-0.05, 0) is 31.7 Å². The summed E-state index contributed by atoms with van der Waals surface area (Å²) in [6.07, 6.45) is 7.81. The van der Waals surface area contributed by atoms with Crippen LogP contribution in [0.4, 0.5) is 0 Å². The van der Waals surface area contributed by atoms with E-state index in [0.717, 1.165) is 36.1 Å². The van der Waals surface area contributed by atoms with Crippen LogP contribution in [0.15, 0.2) is 12.4 Å². The number of aryl methyl sites for hydroxylation is 3. The highest BCUT2D eigenvalue weighted by molar-refractivity contribution is 6.30. The van der Waals surface area contributed by atoms with Crippen LogP contribution in [0.1, 0.15) is 46.4 Å². The summed E-state index contributed by atoms with van der Waals surface area (Å²) in [6.45, 7) is 2.62. The Balaban J connectivity index is 1.92. The first-order chi connectivity index (χ1) is 9.56. The van der Waals surface area contributed by atoms with Gasteiger partial charge in [0.15, 0.2) is 5.78 Å². The molecule has 2 aromatic rings. The van der Waals surface area contributed by atoms with Gasteiger partial charge in [0.1, 0.15) is 5.15 Å². The van der Waals surface area contributed by atoms with E-state index in [1.54, 1.807) is 4.68 Å². The molecule has 0 unspecified atom stereocenters. The van der Waals surface area contributed by atoms with Crippen molar-refractivity contribution in [2.45, 2.75) is 39.2 Å². The summed E-state index contributed by atoms with van der Waals surface area (Å²) in [7, 11) is 1.84. The topological polar surface area (TPSA) is 39.8 Å². The maximum absolute atomic E-state index is 12.1. The minimum absolute atomic E-state index is 0.269. The number of hydrogen-bond acceptors (Lipinski definition) is 2. The predicted molar refractivity (Wildman–Crippen MR) is 78.4 cm³/mol. The van der Waals surface area contributed by atoms with Crippen molar-refractivity contribution in [3.63, 3.8) is 0 Å². The van der Waals surface area contributed by atoms with Gasteiger partial charge in [0.25, 0.3) is 0 Å². The fourth-order valence-electron chi connectivity index (χ4n) is 2.87. The van der Waals surface area contributed by atoms with Crippen molar-refractivity contribution < 1.29 is 4.79 Å². The van der Waals surface area contributed by atoms with Crippen LogP contribution in [0.5, 0.6) is 0 Å². The van der Waals surface area contributed by atoms with E-state index in [2.05, 4.69) is 15.9 Å². The summed E-state index contributed by atoms with van der Waals surface area (Å²) < 4.78 is 3.75. The molecule has 20 heavy (non-hydrogen) atoms. The summed E-state index contributed by atoms with van der Waals surface area (Å²) >= 11 is 6.27. The van der Waals surface area contributed by atoms with Gasteiger partial charge in [-0.1, -0.05) is 11.6 Å². The Morgan fingerprint density at radius 3 is 2.75 bits per heavy atom. The van der Waals surface area contributed by atoms with Gasteiger partial charge in [-0.2, -0.15) is 5.10 Å². The van der Waals surface area contributed by atoms with Crippen molar-refractivity contribution in [2.24, 2.45) is 7.05 Å². The number of fused-ring (bicyclic) bond motifs is 1. The number of aromatic nitrogens is 3. The molecule has 4 nitrogen and oxygen atoms in total. The third-order valence-electron chi connectivity index (χ3n) is 3.97. The molecule has 2 aromatic heterocycles. The molecule has 0 aromatic carbocycles. The maximum Gasteiger partial charge on any atom is 0.164 e. The fraction of sp³-hybridized carbons (Fsp3) is 0.467. The fourth-order valence-corrected chi connectivity index (χ4v) is 3.10. The van der Waals surface area contributed by atoms with Crippen molar-refractivity contribution in [3.8, 4) is 0 Å². The Hall–Kier alpha value is -1.55. The van der Waals surface area contributed by atoms with Gasteiger partial charge >= 0.3 is 0 Å². The number of nitrogens with zero attached hydrogens (tertiary/aromatic N) is 3. The molecule has 0 fully saturated rings. The van der Waals surface area contributed by atoms with Crippen molar-refractivity contribution in [3.05, 3.63) is 39.9 Å². The molecule has 0 aliphatic heterocycles. The molecule has 0 atom stereocenters. The molecule has 1 aliphatic carbocycles. The number of halogens is 1. The molecule has 1 aliphatic rings. The normalized spacial score (nSPS) is 15.2. The van der Waals surface area contributed by atoms with Crippen LogP contribution in [0, 0.1) is 6.92 Å². The van der Waals surface area contributed by atoms with E-state index < -0.39 is 0 Å². The Kier molecular flexibility index (Phi) is 3.42. The quantitative estimate of drug-likeness (QED) is 0.798. The highest BCUT2D eigenvalue weighted by Crippen LogP contribution is 2.24. The molecule has 2 heterocycles. The number of rotatable bonds is 2. The molecular formula is C15H18ClN3O. The number of Topliss-reactive ketones (excluding diaryl/α,β-unsaturated/α-hetero) is 1. The number of carbonyl (C=O) groups is 1. The SMILES string of the molecule is Cc1nn(C)c(Cl)c1Cn1cc2c(c1)C(=O)CCCC2. The van der Waals surface area contributed by atoms with Gasteiger partial charge in [0.2, 0.25) is 0 Å². The molecule has 0 bridgehead atoms. The van der Waals surface area contributed by atoms with E-state index in [1.807, 2.05) is 20.2 Å². The van der Waals surface area contributed by atoms with E-state index in [4.69, 9.17) is 11.6 Å². The first-order valence-electron chi connectivity index (χ1n) is 6.96. The molecule has 5 heteroatoms. The molecule has 0 saturated heterocycles. The van der Waals surface area contributed by atoms with Gasteiger partial charge in [-0.3, -0.25) is 9.48 Å². The van der Waals surface area contributed by atoms with Crippen LogP contribution in [-0.4, -0.2) is 20.1 Å². The highest BCUT2D eigenvalue weighted by Gasteiger charge is 2.19. The van der Waals surface area contributed by atoms with Crippen molar-refractivity contribution in [1.29, 1.82) is 0 Å². The molecule has 3 rings (SSSR count). The van der Waals surface area contributed by atoms with Gasteiger partial charge in [0.05, 0.1) is 12.2 Å². The minimum Gasteiger partial charge on any atom is -0.349 e. The van der Waals surface area contributed by atoms with Gasteiger partial charge < -0.3 is 4.57 Å². The average molecular weight is 292 g/mol. The van der Waals surface area contributed by atoms with Crippen LogP contribution in [0.2, 0.25) is 5.15 Å². The molecule has 0 amide bonds. The van der Waals surface area contributed by atoms with E-state index in [0.29, 0.717) is 18.1 Å². The average Bonchev–Trinajstić information content (AvgIpc) is 2.86. The van der Waals surface area contributed by atoms with E-state index in [1.165, 1.54) is 5.56 Å². The number of ketones is 1. The zero-order chi connectivity index (χ0) is 14.3. The minimum atomic E-state index is 0.269. The molecule has 0 radical (unpaired) electrons. The summed E-state index contributed by atoms with van der Waals surface area (Å²) in [5.41, 5.74) is 4.02. The van der Waals surface area contributed by atoms with Gasteiger partial charge in [-0.25, -0.2) is 0 Å². The van der Waals surface area contributed by atoms with Crippen molar-refractivity contribution in [2.75, 3.05) is 0 Å². The summed E-state index contributed by atoms with van der Waals surface area (Å²) in [5, 5.41) is 4.99. The highest BCUT2D eigenvalue weighted by atomic mass is 35.5. The van der Waals surface area contributed by atoms with E-state index in [-0.39, 0.29) is 5.78 Å². The summed E-state index contributed by atoms with van der Waals surface area (Å²) in [4.78, 5) is 12.1. The Labute approximate surface area is 123 Å². The van der Waals surface area contributed by atoms with Crippen LogP contribution < -0.4 is 0 Å². The zero-order valence-corrected chi connectivity index (χ0v) is 12.6. The number of hydrogen-bond donors (Lipinski definition) is 0. The second kappa shape index (κ2) is 5.09. The Morgan fingerprint density at radius 1 is 1.30 bits per heavy atom. The first kappa shape index (κ1) is 13.4. The second-order valence-electron chi connectivity index (χ2n) is 5.48. The van der Waals surface area contributed by atoms with Crippen LogP contribution in [0.25, 0.3) is 0 Å². The van der Waals surface area contributed by atoms with Gasteiger partial charge in [-0.15, -0.1) is 0 Å². The Bertz CT molecular complexity index is 669. The zero-order valence-electron chi connectivity index (χ0n) is 11.8. The van der Waals surface area contributed by atoms with Crippen LogP contribution in [0.3, 0.4) is 0 Å². The Morgan fingerprint density at radius 2 is 2.05 bits per heavy atom. The second-order valence-corrected chi connectivity index (χ2v) is 5.84. The monoisotopic (exact) mass is 291 g/mol. The lowest BCUT2D eigenvalue weighted by atomic mass is 10.1. The van der Waals surface area contributed by atoms with Gasteiger partial charge in [0, 0.05) is 37.0 Å². The lowest BCUT2D eigenvalue weighted by molar-refractivity contribution is 0.0982. The molecule has 0 spiro atoms. The van der Waals surface area contributed by atoms with E-state index in [9.17, 15) is 4.79 Å². The first-order valence-corrected chi connectivity index (χ1v) is 7.34.